The van der Waals surface area contributed by atoms with Crippen LogP contribution in [-0.2, 0) is 9.47 Å². The minimum absolute atomic E-state index is 0.240. The van der Waals surface area contributed by atoms with Crippen molar-refractivity contribution in [2.24, 2.45) is 16.8 Å². The first-order valence-corrected chi connectivity index (χ1v) is 6.00. The van der Waals surface area contributed by atoms with E-state index in [2.05, 4.69) is 22.2 Å². The molecule has 0 aliphatic carbocycles. The minimum atomic E-state index is 0.240. The Morgan fingerprint density at radius 3 is 2.88 bits per heavy atom. The zero-order valence-corrected chi connectivity index (χ0v) is 11.0. The van der Waals surface area contributed by atoms with Gasteiger partial charge in [0.1, 0.15) is 0 Å². The van der Waals surface area contributed by atoms with Crippen molar-refractivity contribution < 1.29 is 9.47 Å². The fraction of sp³-hybridized carbons (Fsp3) is 0.909. The molecule has 1 rings (SSSR count). The van der Waals surface area contributed by atoms with Crippen LogP contribution in [0.3, 0.4) is 0 Å². The monoisotopic (exact) mass is 244 g/mol. The SMILES string of the molecule is COCCN=C(NN)N1CCC(C)C(OC)C1. The maximum absolute atomic E-state index is 5.50. The first-order valence-electron chi connectivity index (χ1n) is 6.00. The number of hydrazine groups is 1. The zero-order valence-electron chi connectivity index (χ0n) is 11.0. The lowest BCUT2D eigenvalue weighted by atomic mass is 9.96. The molecule has 6 nitrogen and oxygen atoms in total. The lowest BCUT2D eigenvalue weighted by Gasteiger charge is -2.37. The van der Waals surface area contributed by atoms with Crippen LogP contribution in [-0.4, -0.2) is 57.4 Å². The highest BCUT2D eigenvalue weighted by Crippen LogP contribution is 2.19. The van der Waals surface area contributed by atoms with Crippen molar-refractivity contribution in [2.45, 2.75) is 19.4 Å². The van der Waals surface area contributed by atoms with Crippen LogP contribution in [0.1, 0.15) is 13.3 Å². The highest BCUT2D eigenvalue weighted by atomic mass is 16.5. The molecule has 1 heterocycles. The Balaban J connectivity index is 2.54. The van der Waals surface area contributed by atoms with Crippen molar-refractivity contribution in [3.05, 3.63) is 0 Å². The van der Waals surface area contributed by atoms with E-state index < -0.39 is 0 Å². The Morgan fingerprint density at radius 1 is 1.53 bits per heavy atom. The van der Waals surface area contributed by atoms with Gasteiger partial charge < -0.3 is 14.4 Å². The first kappa shape index (κ1) is 14.2. The van der Waals surface area contributed by atoms with Gasteiger partial charge in [-0.05, 0) is 12.3 Å². The van der Waals surface area contributed by atoms with Crippen LogP contribution in [0.2, 0.25) is 0 Å². The Morgan fingerprint density at radius 2 is 2.29 bits per heavy atom. The molecule has 100 valence electrons. The number of methoxy groups -OCH3 is 2. The number of rotatable bonds is 4. The number of hydrogen-bond acceptors (Lipinski definition) is 4. The molecule has 0 spiro atoms. The summed E-state index contributed by atoms with van der Waals surface area (Å²) in [7, 11) is 3.41. The third kappa shape index (κ3) is 4.14. The summed E-state index contributed by atoms with van der Waals surface area (Å²) >= 11 is 0. The van der Waals surface area contributed by atoms with Crippen molar-refractivity contribution in [3.8, 4) is 0 Å². The van der Waals surface area contributed by atoms with Gasteiger partial charge in [-0.15, -0.1) is 0 Å². The lowest BCUT2D eigenvalue weighted by Crippen LogP contribution is -2.52. The van der Waals surface area contributed by atoms with E-state index in [9.17, 15) is 0 Å². The summed E-state index contributed by atoms with van der Waals surface area (Å²) in [4.78, 5) is 6.50. The lowest BCUT2D eigenvalue weighted by molar-refractivity contribution is 0.0139. The van der Waals surface area contributed by atoms with E-state index in [4.69, 9.17) is 15.3 Å². The second kappa shape index (κ2) is 7.47. The van der Waals surface area contributed by atoms with Gasteiger partial charge in [-0.1, -0.05) is 6.92 Å². The van der Waals surface area contributed by atoms with Gasteiger partial charge in [-0.2, -0.15) is 0 Å². The smallest absolute Gasteiger partial charge is 0.208 e. The molecule has 0 bridgehead atoms. The summed E-state index contributed by atoms with van der Waals surface area (Å²) in [5, 5.41) is 0. The second-order valence-electron chi connectivity index (χ2n) is 4.33. The number of nitrogens with zero attached hydrogens (tertiary/aromatic N) is 2. The molecule has 0 aromatic rings. The molecule has 6 heteroatoms. The second-order valence-corrected chi connectivity index (χ2v) is 4.33. The van der Waals surface area contributed by atoms with Crippen LogP contribution in [0.15, 0.2) is 4.99 Å². The molecule has 0 aromatic carbocycles. The molecule has 0 amide bonds. The summed E-state index contributed by atoms with van der Waals surface area (Å²) in [5.74, 6) is 6.80. The Hall–Kier alpha value is -0.850. The number of ether oxygens (including phenoxy) is 2. The highest BCUT2D eigenvalue weighted by Gasteiger charge is 2.27. The molecule has 2 atom stereocenters. The van der Waals surface area contributed by atoms with Gasteiger partial charge in [0.25, 0.3) is 0 Å². The van der Waals surface area contributed by atoms with Gasteiger partial charge in [0, 0.05) is 27.3 Å². The molecule has 0 aromatic heterocycles. The average Bonchev–Trinajstić information content (AvgIpc) is 2.36. The summed E-state index contributed by atoms with van der Waals surface area (Å²) in [6.45, 7) is 5.21. The summed E-state index contributed by atoms with van der Waals surface area (Å²) < 4.78 is 10.4. The molecular weight excluding hydrogens is 220 g/mol. The van der Waals surface area contributed by atoms with E-state index in [1.807, 2.05) is 0 Å². The Labute approximate surface area is 103 Å². The van der Waals surface area contributed by atoms with Crippen LogP contribution in [0.25, 0.3) is 0 Å². The molecule has 1 fully saturated rings. The highest BCUT2D eigenvalue weighted by molar-refractivity contribution is 5.79. The summed E-state index contributed by atoms with van der Waals surface area (Å²) in [5.41, 5.74) is 2.65. The largest absolute Gasteiger partial charge is 0.383 e. The molecule has 0 saturated carbocycles. The normalized spacial score (nSPS) is 26.1. The quantitative estimate of drug-likeness (QED) is 0.236. The van der Waals surface area contributed by atoms with Gasteiger partial charge in [0.2, 0.25) is 5.96 Å². The van der Waals surface area contributed by atoms with Crippen molar-refractivity contribution in [2.75, 3.05) is 40.5 Å². The Kier molecular flexibility index (Phi) is 6.25. The van der Waals surface area contributed by atoms with E-state index >= 15 is 0 Å². The van der Waals surface area contributed by atoms with Crippen LogP contribution in [0, 0.1) is 5.92 Å². The van der Waals surface area contributed by atoms with E-state index in [0.717, 1.165) is 25.5 Å². The number of piperidine rings is 1. The topological polar surface area (TPSA) is 72.1 Å². The predicted molar refractivity (Wildman–Crippen MR) is 67.7 cm³/mol. The number of aliphatic imine (C=N–C) groups is 1. The van der Waals surface area contributed by atoms with Crippen molar-refractivity contribution in [1.82, 2.24) is 10.3 Å². The molecule has 2 unspecified atom stereocenters. The molecule has 0 radical (unpaired) electrons. The van der Waals surface area contributed by atoms with Crippen LogP contribution < -0.4 is 11.3 Å². The number of guanidine groups is 1. The van der Waals surface area contributed by atoms with Crippen molar-refractivity contribution in [1.29, 1.82) is 0 Å². The summed E-state index contributed by atoms with van der Waals surface area (Å²) in [6.07, 6.45) is 1.33. The number of hydrogen-bond donors (Lipinski definition) is 2. The fourth-order valence-corrected chi connectivity index (χ4v) is 2.01. The van der Waals surface area contributed by atoms with Gasteiger partial charge in [0.15, 0.2) is 0 Å². The van der Waals surface area contributed by atoms with Gasteiger partial charge in [-0.3, -0.25) is 5.43 Å². The molecule has 17 heavy (non-hydrogen) atoms. The van der Waals surface area contributed by atoms with E-state index in [1.165, 1.54) is 0 Å². The zero-order chi connectivity index (χ0) is 12.7. The molecule has 1 aliphatic heterocycles. The summed E-state index contributed by atoms with van der Waals surface area (Å²) in [6, 6.07) is 0. The van der Waals surface area contributed by atoms with Gasteiger partial charge in [0.05, 0.1) is 19.3 Å². The number of nitrogens with one attached hydrogen (secondary N) is 1. The molecule has 1 saturated heterocycles. The third-order valence-electron chi connectivity index (χ3n) is 3.18. The van der Waals surface area contributed by atoms with E-state index in [1.54, 1.807) is 14.2 Å². The van der Waals surface area contributed by atoms with E-state index in [-0.39, 0.29) is 6.10 Å². The maximum atomic E-state index is 5.50. The number of nitrogens with two attached hydrogens (primary N) is 1. The Bertz CT molecular complexity index is 248. The van der Waals surface area contributed by atoms with Crippen LogP contribution in [0.4, 0.5) is 0 Å². The predicted octanol–water partition coefficient (Wildman–Crippen LogP) is -0.191. The number of likely N-dealkylation sites (tertiary alicyclic amines) is 1. The van der Waals surface area contributed by atoms with E-state index in [0.29, 0.717) is 19.1 Å². The maximum Gasteiger partial charge on any atom is 0.208 e. The average molecular weight is 244 g/mol. The molecule has 1 aliphatic rings. The van der Waals surface area contributed by atoms with Crippen LogP contribution in [0.5, 0.6) is 0 Å². The third-order valence-corrected chi connectivity index (χ3v) is 3.18. The van der Waals surface area contributed by atoms with Crippen molar-refractivity contribution >= 4 is 5.96 Å². The first-order chi connectivity index (χ1) is 8.22. The van der Waals surface area contributed by atoms with Crippen molar-refractivity contribution in [3.63, 3.8) is 0 Å². The van der Waals surface area contributed by atoms with Crippen LogP contribution >= 0.6 is 0 Å². The standard InChI is InChI=1S/C11H24N4O2/c1-9-4-6-15(8-10(9)17-3)11(14-12)13-5-7-16-2/h9-10H,4-8,12H2,1-3H3,(H,13,14). The fourth-order valence-electron chi connectivity index (χ4n) is 2.01. The van der Waals surface area contributed by atoms with Gasteiger partial charge >= 0.3 is 0 Å². The molecular formula is C11H24N4O2. The van der Waals surface area contributed by atoms with Gasteiger partial charge in [-0.25, -0.2) is 10.8 Å². The molecule has 3 N–H and O–H groups in total. The minimum Gasteiger partial charge on any atom is -0.383 e.